The molecule has 3 nitrogen and oxygen atoms in total. The lowest BCUT2D eigenvalue weighted by molar-refractivity contribution is 0.420. The van der Waals surface area contributed by atoms with Crippen LogP contribution in [-0.4, -0.2) is 28.8 Å². The van der Waals surface area contributed by atoms with Crippen LogP contribution in [0.1, 0.15) is 20.3 Å². The molecule has 4 heteroatoms. The molecule has 15 heavy (non-hydrogen) atoms. The zero-order chi connectivity index (χ0) is 11.1. The van der Waals surface area contributed by atoms with E-state index in [-0.39, 0.29) is 0 Å². The first-order chi connectivity index (χ1) is 7.27. The summed E-state index contributed by atoms with van der Waals surface area (Å²) in [5.41, 5.74) is 0. The maximum atomic E-state index is 4.19. The highest BCUT2D eigenvalue weighted by Crippen LogP contribution is 2.18. The smallest absolute Gasteiger partial charge is 0.116 e. The van der Waals surface area contributed by atoms with Gasteiger partial charge in [-0.1, -0.05) is 20.3 Å². The van der Waals surface area contributed by atoms with Gasteiger partial charge in [-0.15, -0.1) is 11.8 Å². The fraction of sp³-hybridized carbons (Fsp3) is 0.636. The van der Waals surface area contributed by atoms with Crippen LogP contribution in [0.25, 0.3) is 0 Å². The van der Waals surface area contributed by atoms with E-state index in [2.05, 4.69) is 29.1 Å². The van der Waals surface area contributed by atoms with Gasteiger partial charge >= 0.3 is 0 Å². The topological polar surface area (TPSA) is 37.8 Å². The molecule has 0 radical (unpaired) electrons. The first kappa shape index (κ1) is 12.5. The Bertz CT molecular complexity index is 266. The van der Waals surface area contributed by atoms with E-state index in [4.69, 9.17) is 0 Å². The second-order valence-electron chi connectivity index (χ2n) is 3.64. The molecular weight excluding hydrogens is 206 g/mol. The van der Waals surface area contributed by atoms with E-state index in [1.54, 1.807) is 24.3 Å². The Morgan fingerprint density at radius 2 is 2.33 bits per heavy atom. The van der Waals surface area contributed by atoms with Crippen molar-refractivity contribution in [2.24, 2.45) is 5.92 Å². The number of thioether (sulfide) groups is 1. The minimum Gasteiger partial charge on any atom is -0.316 e. The number of hydrogen-bond donors (Lipinski definition) is 1. The molecule has 0 saturated heterocycles. The summed E-state index contributed by atoms with van der Waals surface area (Å²) in [7, 11) is 2.03. The SMILES string of the molecule is CCC(C)C(CSc1ccncn1)NC. The fourth-order valence-corrected chi connectivity index (χ4v) is 2.48. The van der Waals surface area contributed by atoms with E-state index in [1.807, 2.05) is 13.1 Å². The summed E-state index contributed by atoms with van der Waals surface area (Å²) < 4.78 is 0. The predicted octanol–water partition coefficient (Wildman–Crippen LogP) is 2.20. The van der Waals surface area contributed by atoms with Gasteiger partial charge in [-0.2, -0.15) is 0 Å². The Morgan fingerprint density at radius 1 is 1.53 bits per heavy atom. The van der Waals surface area contributed by atoms with Gasteiger partial charge in [-0.25, -0.2) is 9.97 Å². The number of hydrogen-bond acceptors (Lipinski definition) is 4. The summed E-state index contributed by atoms with van der Waals surface area (Å²) in [6, 6.07) is 2.50. The molecule has 1 rings (SSSR count). The lowest BCUT2D eigenvalue weighted by atomic mass is 10.0. The first-order valence-electron chi connectivity index (χ1n) is 5.34. The molecule has 1 heterocycles. The molecule has 84 valence electrons. The quantitative estimate of drug-likeness (QED) is 0.595. The molecule has 0 fully saturated rings. The molecule has 0 amide bonds. The van der Waals surface area contributed by atoms with Crippen LogP contribution in [-0.2, 0) is 0 Å². The van der Waals surface area contributed by atoms with Crippen molar-refractivity contribution in [2.45, 2.75) is 31.3 Å². The van der Waals surface area contributed by atoms with Crippen LogP contribution in [0.4, 0.5) is 0 Å². The van der Waals surface area contributed by atoms with Crippen molar-refractivity contribution in [3.05, 3.63) is 18.6 Å². The molecule has 0 aliphatic rings. The molecule has 1 N–H and O–H groups in total. The Morgan fingerprint density at radius 3 is 2.87 bits per heavy atom. The molecular formula is C11H19N3S. The van der Waals surface area contributed by atoms with Gasteiger partial charge in [0.25, 0.3) is 0 Å². The van der Waals surface area contributed by atoms with Gasteiger partial charge in [0.1, 0.15) is 6.33 Å². The van der Waals surface area contributed by atoms with E-state index < -0.39 is 0 Å². The van der Waals surface area contributed by atoms with Gasteiger partial charge in [0.2, 0.25) is 0 Å². The second-order valence-corrected chi connectivity index (χ2v) is 4.68. The van der Waals surface area contributed by atoms with Crippen LogP contribution >= 0.6 is 11.8 Å². The van der Waals surface area contributed by atoms with E-state index in [1.165, 1.54) is 6.42 Å². The monoisotopic (exact) mass is 225 g/mol. The summed E-state index contributed by atoms with van der Waals surface area (Å²) in [5, 5.41) is 4.41. The molecule has 0 spiro atoms. The van der Waals surface area contributed by atoms with Crippen LogP contribution < -0.4 is 5.32 Å². The van der Waals surface area contributed by atoms with Crippen molar-refractivity contribution in [1.29, 1.82) is 0 Å². The highest BCUT2D eigenvalue weighted by atomic mass is 32.2. The first-order valence-corrected chi connectivity index (χ1v) is 6.32. The van der Waals surface area contributed by atoms with Gasteiger partial charge in [0, 0.05) is 18.0 Å². The molecule has 0 bridgehead atoms. The van der Waals surface area contributed by atoms with Crippen LogP contribution in [0.5, 0.6) is 0 Å². The lowest BCUT2D eigenvalue weighted by Gasteiger charge is -2.21. The highest BCUT2D eigenvalue weighted by Gasteiger charge is 2.13. The predicted molar refractivity (Wildman–Crippen MR) is 65.1 cm³/mol. The molecule has 1 aromatic rings. The number of nitrogens with one attached hydrogen (secondary N) is 1. The average Bonchev–Trinajstić information content (AvgIpc) is 2.31. The van der Waals surface area contributed by atoms with Crippen molar-refractivity contribution in [3.8, 4) is 0 Å². The zero-order valence-corrected chi connectivity index (χ0v) is 10.4. The third-order valence-electron chi connectivity index (χ3n) is 2.67. The normalized spacial score (nSPS) is 14.9. The lowest BCUT2D eigenvalue weighted by Crippen LogP contribution is -2.34. The number of nitrogens with zero attached hydrogens (tertiary/aromatic N) is 2. The van der Waals surface area contributed by atoms with E-state index in [9.17, 15) is 0 Å². The molecule has 0 aliphatic carbocycles. The Balaban J connectivity index is 2.41. The van der Waals surface area contributed by atoms with Crippen LogP contribution in [0.3, 0.4) is 0 Å². The summed E-state index contributed by atoms with van der Waals surface area (Å²) in [6.45, 7) is 4.51. The Labute approximate surface area is 96.1 Å². The van der Waals surface area contributed by atoms with Crippen LogP contribution in [0.15, 0.2) is 23.6 Å². The molecule has 2 unspecified atom stereocenters. The third-order valence-corrected chi connectivity index (χ3v) is 3.73. The van der Waals surface area contributed by atoms with Crippen molar-refractivity contribution >= 4 is 11.8 Å². The molecule has 1 aromatic heterocycles. The maximum Gasteiger partial charge on any atom is 0.116 e. The summed E-state index contributed by atoms with van der Waals surface area (Å²) in [5.74, 6) is 1.76. The highest BCUT2D eigenvalue weighted by molar-refractivity contribution is 7.99. The second kappa shape index (κ2) is 6.80. The van der Waals surface area contributed by atoms with Gasteiger partial charge in [0.05, 0.1) is 5.03 Å². The Kier molecular flexibility index (Phi) is 5.65. The minimum absolute atomic E-state index is 0.551. The molecule has 0 aliphatic heterocycles. The molecule has 2 atom stereocenters. The summed E-state index contributed by atoms with van der Waals surface area (Å²) >= 11 is 1.78. The standard InChI is InChI=1S/C11H19N3S/c1-4-9(2)10(12-3)7-15-11-5-6-13-8-14-11/h5-6,8-10,12H,4,7H2,1-3H3. The van der Waals surface area contributed by atoms with E-state index in [0.29, 0.717) is 12.0 Å². The van der Waals surface area contributed by atoms with Gasteiger partial charge in [0.15, 0.2) is 0 Å². The third kappa shape index (κ3) is 4.18. The molecule has 0 saturated carbocycles. The fourth-order valence-electron chi connectivity index (χ4n) is 1.36. The summed E-state index contributed by atoms with van der Waals surface area (Å²) in [6.07, 6.45) is 4.59. The van der Waals surface area contributed by atoms with Crippen molar-refractivity contribution in [3.63, 3.8) is 0 Å². The van der Waals surface area contributed by atoms with Crippen LogP contribution in [0, 0.1) is 5.92 Å². The Hall–Kier alpha value is -0.610. The maximum absolute atomic E-state index is 4.19. The number of aromatic nitrogens is 2. The largest absolute Gasteiger partial charge is 0.316 e. The van der Waals surface area contributed by atoms with Crippen molar-refractivity contribution in [2.75, 3.05) is 12.8 Å². The summed E-state index contributed by atoms with van der Waals surface area (Å²) in [4.78, 5) is 8.10. The molecule has 0 aromatic carbocycles. The van der Waals surface area contributed by atoms with Gasteiger partial charge in [-0.05, 0) is 19.0 Å². The van der Waals surface area contributed by atoms with E-state index >= 15 is 0 Å². The zero-order valence-electron chi connectivity index (χ0n) is 9.60. The number of rotatable bonds is 6. The van der Waals surface area contributed by atoms with Crippen molar-refractivity contribution in [1.82, 2.24) is 15.3 Å². The van der Waals surface area contributed by atoms with Crippen LogP contribution in [0.2, 0.25) is 0 Å². The average molecular weight is 225 g/mol. The van der Waals surface area contributed by atoms with Gasteiger partial charge < -0.3 is 5.32 Å². The van der Waals surface area contributed by atoms with Crippen molar-refractivity contribution < 1.29 is 0 Å². The minimum atomic E-state index is 0.551. The van der Waals surface area contributed by atoms with E-state index in [0.717, 1.165) is 10.8 Å². The van der Waals surface area contributed by atoms with Gasteiger partial charge in [-0.3, -0.25) is 0 Å².